The molecule has 0 amide bonds. The van der Waals surface area contributed by atoms with Gasteiger partial charge in [-0.15, -0.1) is 0 Å². The number of esters is 1. The van der Waals surface area contributed by atoms with Crippen LogP contribution in [0.5, 0.6) is 5.75 Å². The Kier molecular flexibility index (Phi) is 4.30. The molecule has 5 heteroatoms. The maximum atomic E-state index is 11.1. The highest BCUT2D eigenvalue weighted by Crippen LogP contribution is 2.16. The van der Waals surface area contributed by atoms with Crippen molar-refractivity contribution in [1.82, 2.24) is 0 Å². The van der Waals surface area contributed by atoms with Gasteiger partial charge in [0, 0.05) is 10.4 Å². The Morgan fingerprint density at radius 3 is 2.33 bits per heavy atom. The van der Waals surface area contributed by atoms with Gasteiger partial charge in [-0.2, -0.15) is 0 Å². The molecule has 1 aromatic rings. The standard InChI is InChI=1S/C10H9BrO4/c11-7-1-3-8(4-2-7)15-10(14)6-5-9(12)13/h1-4H,5-6H2,(H,12,13)/p-1. The first-order valence-corrected chi connectivity index (χ1v) is 5.03. The lowest BCUT2D eigenvalue weighted by Gasteiger charge is -2.04. The fourth-order valence-electron chi connectivity index (χ4n) is 0.889. The smallest absolute Gasteiger partial charge is 0.311 e. The van der Waals surface area contributed by atoms with Crippen molar-refractivity contribution in [3.05, 3.63) is 28.7 Å². The zero-order valence-electron chi connectivity index (χ0n) is 7.73. The fraction of sp³-hybridized carbons (Fsp3) is 0.200. The minimum atomic E-state index is -1.26. The van der Waals surface area contributed by atoms with Gasteiger partial charge in [0.2, 0.25) is 0 Å². The van der Waals surface area contributed by atoms with E-state index in [1.807, 2.05) is 0 Å². The predicted molar refractivity (Wildman–Crippen MR) is 54.0 cm³/mol. The molecule has 0 unspecified atom stereocenters. The summed E-state index contributed by atoms with van der Waals surface area (Å²) >= 11 is 3.24. The molecule has 0 spiro atoms. The first-order valence-electron chi connectivity index (χ1n) is 4.24. The van der Waals surface area contributed by atoms with Crippen molar-refractivity contribution in [3.63, 3.8) is 0 Å². The van der Waals surface area contributed by atoms with Crippen molar-refractivity contribution in [2.45, 2.75) is 12.8 Å². The van der Waals surface area contributed by atoms with E-state index in [1.165, 1.54) is 0 Å². The number of carbonyl (C=O) groups is 2. The molecule has 1 rings (SSSR count). The number of carboxylic acids is 1. The number of hydrogen-bond acceptors (Lipinski definition) is 4. The molecule has 0 saturated heterocycles. The molecule has 1 aromatic carbocycles. The molecule has 0 saturated carbocycles. The first kappa shape index (κ1) is 11.7. The zero-order valence-corrected chi connectivity index (χ0v) is 9.32. The van der Waals surface area contributed by atoms with Crippen LogP contribution in [-0.4, -0.2) is 11.9 Å². The average molecular weight is 272 g/mol. The molecule has 0 radical (unpaired) electrons. The lowest BCUT2D eigenvalue weighted by atomic mass is 10.3. The van der Waals surface area contributed by atoms with Gasteiger partial charge >= 0.3 is 5.97 Å². The normalized spacial score (nSPS) is 9.67. The van der Waals surface area contributed by atoms with Gasteiger partial charge in [-0.1, -0.05) is 15.9 Å². The Balaban J connectivity index is 2.44. The fourth-order valence-corrected chi connectivity index (χ4v) is 1.15. The lowest BCUT2D eigenvalue weighted by molar-refractivity contribution is -0.305. The number of carboxylic acid groups (broad SMARTS) is 1. The molecule has 0 aliphatic rings. The number of ether oxygens (including phenoxy) is 1. The van der Waals surface area contributed by atoms with Gasteiger partial charge in [-0.05, 0) is 30.7 Å². The van der Waals surface area contributed by atoms with Crippen LogP contribution in [0.1, 0.15) is 12.8 Å². The van der Waals surface area contributed by atoms with E-state index in [1.54, 1.807) is 24.3 Å². The highest BCUT2D eigenvalue weighted by atomic mass is 79.9. The van der Waals surface area contributed by atoms with Gasteiger partial charge in [0.05, 0.1) is 6.42 Å². The molecule has 0 fully saturated rings. The second-order valence-electron chi connectivity index (χ2n) is 2.80. The van der Waals surface area contributed by atoms with E-state index in [9.17, 15) is 14.7 Å². The molecular formula is C10H8BrO4-. The van der Waals surface area contributed by atoms with Crippen LogP contribution >= 0.6 is 15.9 Å². The third kappa shape index (κ3) is 4.60. The summed E-state index contributed by atoms with van der Waals surface area (Å²) in [6.07, 6.45) is -0.506. The Bertz CT molecular complexity index is 358. The average Bonchev–Trinajstić information content (AvgIpc) is 2.19. The third-order valence-corrected chi connectivity index (χ3v) is 2.11. The van der Waals surface area contributed by atoms with Crippen LogP contribution in [0.3, 0.4) is 0 Å². The molecule has 0 aliphatic heterocycles. The van der Waals surface area contributed by atoms with E-state index < -0.39 is 11.9 Å². The van der Waals surface area contributed by atoms with Crippen LogP contribution in [0, 0.1) is 0 Å². The molecule has 15 heavy (non-hydrogen) atoms. The number of benzene rings is 1. The molecule has 0 heterocycles. The molecule has 0 bridgehead atoms. The first-order chi connectivity index (χ1) is 7.08. The zero-order chi connectivity index (χ0) is 11.3. The van der Waals surface area contributed by atoms with Crippen LogP contribution in [-0.2, 0) is 9.59 Å². The topological polar surface area (TPSA) is 66.4 Å². The Morgan fingerprint density at radius 2 is 1.80 bits per heavy atom. The predicted octanol–water partition coefficient (Wildman–Crippen LogP) is 0.885. The summed E-state index contributed by atoms with van der Waals surface area (Å²) in [5, 5.41) is 10.1. The van der Waals surface area contributed by atoms with Gasteiger partial charge in [-0.25, -0.2) is 0 Å². The maximum Gasteiger partial charge on any atom is 0.311 e. The van der Waals surface area contributed by atoms with Crippen molar-refractivity contribution in [2.75, 3.05) is 0 Å². The monoisotopic (exact) mass is 271 g/mol. The molecular weight excluding hydrogens is 264 g/mol. The van der Waals surface area contributed by atoms with Crippen LogP contribution in [0.2, 0.25) is 0 Å². The van der Waals surface area contributed by atoms with Crippen molar-refractivity contribution < 1.29 is 19.4 Å². The van der Waals surface area contributed by atoms with Crippen molar-refractivity contribution in [1.29, 1.82) is 0 Å². The largest absolute Gasteiger partial charge is 0.550 e. The highest BCUT2D eigenvalue weighted by molar-refractivity contribution is 9.10. The van der Waals surface area contributed by atoms with Gasteiger partial charge in [0.25, 0.3) is 0 Å². The van der Waals surface area contributed by atoms with E-state index in [0.29, 0.717) is 5.75 Å². The SMILES string of the molecule is O=C([O-])CCC(=O)Oc1ccc(Br)cc1. The van der Waals surface area contributed by atoms with E-state index >= 15 is 0 Å². The Morgan fingerprint density at radius 1 is 1.20 bits per heavy atom. The van der Waals surface area contributed by atoms with Gasteiger partial charge in [0.1, 0.15) is 5.75 Å². The summed E-state index contributed by atoms with van der Waals surface area (Å²) in [4.78, 5) is 21.2. The summed E-state index contributed by atoms with van der Waals surface area (Å²) in [5.41, 5.74) is 0. The second kappa shape index (κ2) is 5.50. The molecule has 0 atom stereocenters. The molecule has 0 aliphatic carbocycles. The van der Waals surface area contributed by atoms with E-state index in [-0.39, 0.29) is 12.8 Å². The van der Waals surface area contributed by atoms with Crippen molar-refractivity contribution in [3.8, 4) is 5.75 Å². The third-order valence-electron chi connectivity index (χ3n) is 1.58. The molecule has 80 valence electrons. The number of halogens is 1. The summed E-state index contributed by atoms with van der Waals surface area (Å²) in [6, 6.07) is 6.67. The van der Waals surface area contributed by atoms with Crippen LogP contribution < -0.4 is 9.84 Å². The highest BCUT2D eigenvalue weighted by Gasteiger charge is 2.04. The molecule has 0 N–H and O–H groups in total. The van der Waals surface area contributed by atoms with E-state index in [4.69, 9.17) is 4.74 Å². The van der Waals surface area contributed by atoms with Gasteiger partial charge < -0.3 is 14.6 Å². The van der Waals surface area contributed by atoms with Crippen molar-refractivity contribution in [2.24, 2.45) is 0 Å². The van der Waals surface area contributed by atoms with Gasteiger partial charge in [-0.3, -0.25) is 4.79 Å². The van der Waals surface area contributed by atoms with Crippen LogP contribution in [0.15, 0.2) is 28.7 Å². The Hall–Kier alpha value is -1.36. The van der Waals surface area contributed by atoms with Gasteiger partial charge in [0.15, 0.2) is 0 Å². The van der Waals surface area contributed by atoms with Crippen LogP contribution in [0.25, 0.3) is 0 Å². The number of carbonyl (C=O) groups excluding carboxylic acids is 2. The number of aliphatic carboxylic acids is 1. The van der Waals surface area contributed by atoms with Crippen LogP contribution in [0.4, 0.5) is 0 Å². The number of hydrogen-bond donors (Lipinski definition) is 0. The summed E-state index contributed by atoms with van der Waals surface area (Å²) in [6.45, 7) is 0. The molecule has 0 aromatic heterocycles. The van der Waals surface area contributed by atoms with E-state index in [0.717, 1.165) is 4.47 Å². The Labute approximate surface area is 95.0 Å². The summed E-state index contributed by atoms with van der Waals surface area (Å²) < 4.78 is 5.74. The lowest BCUT2D eigenvalue weighted by Crippen LogP contribution is -2.23. The summed E-state index contributed by atoms with van der Waals surface area (Å²) in [7, 11) is 0. The van der Waals surface area contributed by atoms with E-state index in [2.05, 4.69) is 15.9 Å². The maximum absolute atomic E-state index is 11.1. The number of rotatable bonds is 4. The summed E-state index contributed by atoms with van der Waals surface area (Å²) in [5.74, 6) is -1.45. The molecule has 4 nitrogen and oxygen atoms in total. The minimum absolute atomic E-state index is 0.182. The van der Waals surface area contributed by atoms with Crippen molar-refractivity contribution >= 4 is 27.9 Å². The second-order valence-corrected chi connectivity index (χ2v) is 3.72. The quantitative estimate of drug-likeness (QED) is 0.603. The minimum Gasteiger partial charge on any atom is -0.550 e.